The highest BCUT2D eigenvalue weighted by molar-refractivity contribution is 6.20. The highest BCUT2D eigenvalue weighted by Crippen LogP contribution is 2.34. The molecule has 0 saturated carbocycles. The van der Waals surface area contributed by atoms with Crippen LogP contribution < -0.4 is 9.47 Å². The summed E-state index contributed by atoms with van der Waals surface area (Å²) in [4.78, 5) is 0. The maximum atomic E-state index is 6.16. The van der Waals surface area contributed by atoms with Crippen LogP contribution in [0.3, 0.4) is 0 Å². The minimum absolute atomic E-state index is 0.295. The summed E-state index contributed by atoms with van der Waals surface area (Å²) in [6.45, 7) is 7.82. The van der Waals surface area contributed by atoms with Gasteiger partial charge in [-0.25, -0.2) is 0 Å². The number of rotatable bonds is 10. The van der Waals surface area contributed by atoms with Crippen molar-refractivity contribution in [3.63, 3.8) is 0 Å². The summed E-state index contributed by atoms with van der Waals surface area (Å²) in [6, 6.07) is 10.5. The molecule has 132 valence electrons. The molecule has 2 aromatic carbocycles. The van der Waals surface area contributed by atoms with Crippen LogP contribution in [-0.2, 0) is 0 Å². The summed E-state index contributed by atoms with van der Waals surface area (Å²) >= 11 is 6.16. The lowest BCUT2D eigenvalue weighted by Gasteiger charge is -2.14. The second-order valence-electron chi connectivity index (χ2n) is 6.31. The Morgan fingerprint density at radius 3 is 2.33 bits per heavy atom. The molecule has 0 aliphatic heterocycles. The number of ether oxygens (including phenoxy) is 2. The quantitative estimate of drug-likeness (QED) is 0.360. The first-order chi connectivity index (χ1) is 11.7. The molecule has 0 aromatic heterocycles. The molecule has 0 N–H and O–H groups in total. The molecule has 0 radical (unpaired) electrons. The lowest BCUT2D eigenvalue weighted by Crippen LogP contribution is -2.02. The van der Waals surface area contributed by atoms with Crippen LogP contribution in [0.25, 0.3) is 10.8 Å². The van der Waals surface area contributed by atoms with Crippen LogP contribution in [0, 0.1) is 6.92 Å². The molecule has 0 bridgehead atoms. The van der Waals surface area contributed by atoms with E-state index in [2.05, 4.69) is 39.0 Å². The van der Waals surface area contributed by atoms with Gasteiger partial charge in [0.15, 0.2) is 0 Å². The van der Waals surface area contributed by atoms with Crippen molar-refractivity contribution >= 4 is 22.4 Å². The van der Waals surface area contributed by atoms with Crippen molar-refractivity contribution in [1.82, 2.24) is 0 Å². The molecule has 2 rings (SSSR count). The van der Waals surface area contributed by atoms with Crippen LogP contribution in [0.4, 0.5) is 0 Å². The molecule has 2 aromatic rings. The predicted molar refractivity (Wildman–Crippen MR) is 104 cm³/mol. The van der Waals surface area contributed by atoms with Crippen molar-refractivity contribution in [2.24, 2.45) is 0 Å². The number of aryl methyl sites for hydroxylation is 1. The van der Waals surface area contributed by atoms with Gasteiger partial charge in [0.25, 0.3) is 0 Å². The van der Waals surface area contributed by atoms with Gasteiger partial charge in [0.05, 0.1) is 13.2 Å². The van der Waals surface area contributed by atoms with Crippen molar-refractivity contribution < 1.29 is 9.47 Å². The van der Waals surface area contributed by atoms with E-state index in [1.165, 1.54) is 5.56 Å². The lowest BCUT2D eigenvalue weighted by atomic mass is 10.1. The number of hydrogen-bond acceptors (Lipinski definition) is 2. The molecule has 0 saturated heterocycles. The zero-order valence-electron chi connectivity index (χ0n) is 15.1. The number of halogens is 1. The zero-order valence-corrected chi connectivity index (χ0v) is 15.9. The second-order valence-corrected chi connectivity index (χ2v) is 6.93. The van der Waals surface area contributed by atoms with Crippen molar-refractivity contribution in [2.45, 2.75) is 58.3 Å². The van der Waals surface area contributed by atoms with Gasteiger partial charge in [-0.15, -0.1) is 11.6 Å². The Bertz CT molecular complexity index is 639. The molecule has 0 aliphatic carbocycles. The van der Waals surface area contributed by atoms with Crippen molar-refractivity contribution in [3.05, 3.63) is 35.9 Å². The fraction of sp³-hybridized carbons (Fsp3) is 0.524. The number of hydrogen-bond donors (Lipinski definition) is 0. The molecule has 1 unspecified atom stereocenters. The maximum Gasteiger partial charge on any atom is 0.127 e. The molecule has 24 heavy (non-hydrogen) atoms. The minimum Gasteiger partial charge on any atom is -0.493 e. The van der Waals surface area contributed by atoms with Crippen LogP contribution in [0.2, 0.25) is 0 Å². The third-order valence-electron chi connectivity index (χ3n) is 4.17. The highest BCUT2D eigenvalue weighted by Gasteiger charge is 2.09. The Balaban J connectivity index is 2.05. The monoisotopic (exact) mass is 348 g/mol. The summed E-state index contributed by atoms with van der Waals surface area (Å²) in [7, 11) is 0. The van der Waals surface area contributed by atoms with Gasteiger partial charge in [-0.2, -0.15) is 0 Å². The number of unbranched alkanes of at least 4 members (excludes halogenated alkanes) is 1. The smallest absolute Gasteiger partial charge is 0.127 e. The number of fused-ring (bicyclic) bond motifs is 1. The normalized spacial score (nSPS) is 12.3. The third-order valence-corrected chi connectivity index (χ3v) is 4.69. The van der Waals surface area contributed by atoms with Crippen LogP contribution in [0.1, 0.15) is 51.5 Å². The Hall–Kier alpha value is -1.41. The average Bonchev–Trinajstić information content (AvgIpc) is 2.59. The third kappa shape index (κ3) is 5.31. The topological polar surface area (TPSA) is 18.5 Å². The van der Waals surface area contributed by atoms with Crippen LogP contribution in [0.5, 0.6) is 11.5 Å². The number of alkyl halides is 1. The molecule has 0 amide bonds. The highest BCUT2D eigenvalue weighted by atomic mass is 35.5. The standard InChI is InChI=1S/C21H29ClO2/c1-4-13-23-20-11-12-21(19-15-16(3)9-10-18(19)20)24-14-7-6-8-17(22)5-2/h9-12,15,17H,4-8,13-14H2,1-3H3. The molecular formula is C21H29ClO2. The first kappa shape index (κ1) is 18.9. The Morgan fingerprint density at radius 2 is 1.62 bits per heavy atom. The van der Waals surface area contributed by atoms with E-state index < -0.39 is 0 Å². The largest absolute Gasteiger partial charge is 0.493 e. The van der Waals surface area contributed by atoms with E-state index in [4.69, 9.17) is 21.1 Å². The molecule has 3 heteroatoms. The fourth-order valence-electron chi connectivity index (χ4n) is 2.73. The molecule has 2 nitrogen and oxygen atoms in total. The minimum atomic E-state index is 0.295. The van der Waals surface area contributed by atoms with Gasteiger partial charge in [0, 0.05) is 16.1 Å². The first-order valence-electron chi connectivity index (χ1n) is 9.08. The SMILES string of the molecule is CCCOc1ccc(OCCCCC(Cl)CC)c2cc(C)ccc12. The van der Waals surface area contributed by atoms with E-state index in [1.807, 2.05) is 12.1 Å². The molecule has 1 atom stereocenters. The van der Waals surface area contributed by atoms with Gasteiger partial charge >= 0.3 is 0 Å². The van der Waals surface area contributed by atoms with Gasteiger partial charge in [0.2, 0.25) is 0 Å². The van der Waals surface area contributed by atoms with Gasteiger partial charge in [-0.1, -0.05) is 31.5 Å². The van der Waals surface area contributed by atoms with E-state index in [0.717, 1.165) is 67.6 Å². The Kier molecular flexibility index (Phi) is 7.71. The predicted octanol–water partition coefficient (Wildman–Crippen LogP) is 6.50. The molecule has 0 spiro atoms. The lowest BCUT2D eigenvalue weighted by molar-refractivity contribution is 0.305. The van der Waals surface area contributed by atoms with E-state index in [9.17, 15) is 0 Å². The average molecular weight is 349 g/mol. The Labute approximate surface area is 151 Å². The van der Waals surface area contributed by atoms with Gasteiger partial charge in [-0.3, -0.25) is 0 Å². The van der Waals surface area contributed by atoms with Crippen LogP contribution >= 0.6 is 11.6 Å². The van der Waals surface area contributed by atoms with Crippen molar-refractivity contribution in [2.75, 3.05) is 13.2 Å². The van der Waals surface area contributed by atoms with E-state index in [0.29, 0.717) is 5.38 Å². The van der Waals surface area contributed by atoms with Crippen LogP contribution in [0.15, 0.2) is 30.3 Å². The van der Waals surface area contributed by atoms with Crippen LogP contribution in [-0.4, -0.2) is 18.6 Å². The van der Waals surface area contributed by atoms with Gasteiger partial charge in [-0.05, 0) is 57.2 Å². The fourth-order valence-corrected chi connectivity index (χ4v) is 2.88. The Morgan fingerprint density at radius 1 is 0.917 bits per heavy atom. The molecule has 0 aliphatic rings. The molecule has 0 fully saturated rings. The maximum absolute atomic E-state index is 6.16. The number of benzene rings is 2. The van der Waals surface area contributed by atoms with Gasteiger partial charge in [0.1, 0.15) is 11.5 Å². The summed E-state index contributed by atoms with van der Waals surface area (Å²) in [5.74, 6) is 1.88. The van der Waals surface area contributed by atoms with E-state index in [-0.39, 0.29) is 0 Å². The molecule has 0 heterocycles. The van der Waals surface area contributed by atoms with Gasteiger partial charge < -0.3 is 9.47 Å². The summed E-state index contributed by atoms with van der Waals surface area (Å²) in [5.41, 5.74) is 1.23. The van der Waals surface area contributed by atoms with Crippen molar-refractivity contribution in [3.8, 4) is 11.5 Å². The zero-order chi connectivity index (χ0) is 17.4. The molecular weight excluding hydrogens is 320 g/mol. The van der Waals surface area contributed by atoms with E-state index in [1.54, 1.807) is 0 Å². The van der Waals surface area contributed by atoms with Crippen molar-refractivity contribution in [1.29, 1.82) is 0 Å². The summed E-state index contributed by atoms with van der Waals surface area (Å²) < 4.78 is 11.9. The van der Waals surface area contributed by atoms with E-state index >= 15 is 0 Å². The first-order valence-corrected chi connectivity index (χ1v) is 9.52. The summed E-state index contributed by atoms with van der Waals surface area (Å²) in [6.07, 6.45) is 5.24. The second kappa shape index (κ2) is 9.78. The summed E-state index contributed by atoms with van der Waals surface area (Å²) in [5, 5.41) is 2.55.